The van der Waals surface area contributed by atoms with E-state index in [-0.39, 0.29) is 23.1 Å². The Kier molecular flexibility index (Phi) is 4.57. The molecule has 0 unspecified atom stereocenters. The zero-order chi connectivity index (χ0) is 15.7. The summed E-state index contributed by atoms with van der Waals surface area (Å²) in [5.41, 5.74) is 0.420. The molecule has 0 radical (unpaired) electrons. The molecular weight excluding hydrogens is 316 g/mol. The molecule has 1 fully saturated rings. The van der Waals surface area contributed by atoms with Gasteiger partial charge in [-0.2, -0.15) is 0 Å². The first kappa shape index (κ1) is 16.2. The second-order valence-corrected chi connectivity index (χ2v) is 8.48. The molecule has 0 amide bonds. The molecule has 1 aromatic rings. The van der Waals surface area contributed by atoms with Gasteiger partial charge in [-0.25, -0.2) is 26.7 Å². The van der Waals surface area contributed by atoms with Crippen LogP contribution in [0.25, 0.3) is 0 Å². The Bertz CT molecular complexity index is 724. The first-order valence-corrected chi connectivity index (χ1v) is 9.58. The number of sulfonamides is 2. The van der Waals surface area contributed by atoms with Crippen LogP contribution >= 0.6 is 0 Å². The molecule has 21 heavy (non-hydrogen) atoms. The summed E-state index contributed by atoms with van der Waals surface area (Å²) < 4.78 is 53.9. The smallest absolute Gasteiger partial charge is 0.238 e. The molecule has 0 saturated heterocycles. The molecule has 0 bridgehead atoms. The molecule has 1 saturated carbocycles. The summed E-state index contributed by atoms with van der Waals surface area (Å²) in [7, 11) is -5.80. The number of nitrogens with two attached hydrogens (primary N) is 1. The van der Waals surface area contributed by atoms with Gasteiger partial charge in [0, 0.05) is 12.1 Å². The largest absolute Gasteiger partial charge is 0.496 e. The Morgan fingerprint density at radius 1 is 1.29 bits per heavy atom. The van der Waals surface area contributed by atoms with Gasteiger partial charge in [-0.1, -0.05) is 0 Å². The highest BCUT2D eigenvalue weighted by Gasteiger charge is 2.28. The summed E-state index contributed by atoms with van der Waals surface area (Å²) in [6.45, 7) is -0.0401. The average Bonchev–Trinajstić information content (AvgIpc) is 3.18. The van der Waals surface area contributed by atoms with Crippen molar-refractivity contribution in [1.29, 1.82) is 0 Å². The van der Waals surface area contributed by atoms with Crippen LogP contribution in [-0.2, 0) is 26.6 Å². The zero-order valence-corrected chi connectivity index (χ0v) is 13.2. The third-order valence-corrected chi connectivity index (χ3v) is 5.62. The van der Waals surface area contributed by atoms with Crippen LogP contribution in [0.4, 0.5) is 0 Å². The lowest BCUT2D eigenvalue weighted by Gasteiger charge is -2.11. The quantitative estimate of drug-likeness (QED) is 0.737. The summed E-state index contributed by atoms with van der Waals surface area (Å²) in [5.74, 6) is 0.737. The van der Waals surface area contributed by atoms with E-state index >= 15 is 0 Å². The van der Waals surface area contributed by atoms with Crippen LogP contribution in [0.3, 0.4) is 0 Å². The Morgan fingerprint density at radius 3 is 2.48 bits per heavy atom. The number of primary sulfonamides is 1. The minimum atomic E-state index is -3.85. The molecule has 0 spiro atoms. The van der Waals surface area contributed by atoms with Gasteiger partial charge in [0.1, 0.15) is 5.75 Å². The Morgan fingerprint density at radius 2 is 1.95 bits per heavy atom. The molecule has 0 heterocycles. The molecule has 2 rings (SSSR count). The third kappa shape index (κ3) is 4.67. The van der Waals surface area contributed by atoms with E-state index in [1.807, 2.05) is 0 Å². The number of ether oxygens (including phenoxy) is 1. The van der Waals surface area contributed by atoms with E-state index in [1.54, 1.807) is 0 Å². The molecule has 3 N–H and O–H groups in total. The van der Waals surface area contributed by atoms with E-state index in [4.69, 9.17) is 9.88 Å². The fourth-order valence-electron chi connectivity index (χ4n) is 1.91. The monoisotopic (exact) mass is 334 g/mol. The maximum Gasteiger partial charge on any atom is 0.238 e. The molecular formula is C12H18N2O5S2. The van der Waals surface area contributed by atoms with E-state index in [0.717, 1.165) is 12.8 Å². The van der Waals surface area contributed by atoms with Crippen molar-refractivity contribution in [2.24, 2.45) is 11.1 Å². The first-order chi connectivity index (χ1) is 9.71. The molecule has 0 aromatic heterocycles. The number of nitrogens with one attached hydrogen (secondary N) is 1. The Balaban J connectivity index is 2.17. The summed E-state index contributed by atoms with van der Waals surface area (Å²) in [4.78, 5) is -0.0836. The molecule has 118 valence electrons. The van der Waals surface area contributed by atoms with Gasteiger partial charge in [-0.15, -0.1) is 0 Å². The molecule has 1 aliphatic carbocycles. The van der Waals surface area contributed by atoms with E-state index in [9.17, 15) is 16.8 Å². The standard InChI is InChI=1S/C12H18N2O5S2/c1-19-12-5-4-11(21(13,17)18)6-10(12)7-14-20(15,16)8-9-2-3-9/h4-6,9,14H,2-3,7-8H2,1H3,(H2,13,17,18). The number of benzene rings is 1. The van der Waals surface area contributed by atoms with Crippen molar-refractivity contribution in [2.75, 3.05) is 12.9 Å². The molecule has 1 aromatic carbocycles. The summed E-state index contributed by atoms with van der Waals surface area (Å²) >= 11 is 0. The van der Waals surface area contributed by atoms with Crippen LogP contribution in [0.15, 0.2) is 23.1 Å². The molecule has 0 atom stereocenters. The number of methoxy groups -OCH3 is 1. The molecule has 0 aliphatic heterocycles. The average molecular weight is 334 g/mol. The highest BCUT2D eigenvalue weighted by Crippen LogP contribution is 2.30. The fourth-order valence-corrected chi connectivity index (χ4v) is 3.92. The van der Waals surface area contributed by atoms with Crippen molar-refractivity contribution < 1.29 is 21.6 Å². The molecule has 7 nitrogen and oxygen atoms in total. The third-order valence-electron chi connectivity index (χ3n) is 3.21. The first-order valence-electron chi connectivity index (χ1n) is 6.38. The van der Waals surface area contributed by atoms with E-state index in [1.165, 1.54) is 25.3 Å². The maximum absolute atomic E-state index is 11.8. The normalized spacial score (nSPS) is 15.9. The van der Waals surface area contributed by atoms with E-state index in [2.05, 4.69) is 4.72 Å². The van der Waals surface area contributed by atoms with Gasteiger partial charge in [-0.3, -0.25) is 0 Å². The predicted octanol–water partition coefficient (Wildman–Crippen LogP) is 0.172. The van der Waals surface area contributed by atoms with Crippen LogP contribution in [0, 0.1) is 5.92 Å². The predicted molar refractivity (Wildman–Crippen MR) is 77.7 cm³/mol. The second kappa shape index (κ2) is 5.91. The minimum absolute atomic E-state index is 0.0401. The van der Waals surface area contributed by atoms with Crippen molar-refractivity contribution in [3.63, 3.8) is 0 Å². The van der Waals surface area contributed by atoms with Gasteiger partial charge < -0.3 is 4.74 Å². The highest BCUT2D eigenvalue weighted by atomic mass is 32.2. The van der Waals surface area contributed by atoms with Crippen molar-refractivity contribution in [2.45, 2.75) is 24.3 Å². The van der Waals surface area contributed by atoms with Crippen LogP contribution in [0.1, 0.15) is 18.4 Å². The number of hydrogen-bond acceptors (Lipinski definition) is 5. The Hall–Kier alpha value is -1.16. The SMILES string of the molecule is COc1ccc(S(N)(=O)=O)cc1CNS(=O)(=O)CC1CC1. The van der Waals surface area contributed by atoms with Crippen LogP contribution in [-0.4, -0.2) is 29.7 Å². The van der Waals surface area contributed by atoms with Crippen LogP contribution in [0.5, 0.6) is 5.75 Å². The summed E-state index contributed by atoms with van der Waals surface area (Å²) in [5, 5.41) is 5.07. The summed E-state index contributed by atoms with van der Waals surface area (Å²) in [6, 6.07) is 4.08. The highest BCUT2D eigenvalue weighted by molar-refractivity contribution is 7.89. The lowest BCUT2D eigenvalue weighted by Crippen LogP contribution is -2.27. The lowest BCUT2D eigenvalue weighted by atomic mass is 10.2. The van der Waals surface area contributed by atoms with Crippen molar-refractivity contribution >= 4 is 20.0 Å². The zero-order valence-electron chi connectivity index (χ0n) is 11.6. The van der Waals surface area contributed by atoms with Gasteiger partial charge in [0.15, 0.2) is 0 Å². The van der Waals surface area contributed by atoms with Crippen LogP contribution < -0.4 is 14.6 Å². The maximum atomic E-state index is 11.8. The topological polar surface area (TPSA) is 116 Å². The van der Waals surface area contributed by atoms with Crippen LogP contribution in [0.2, 0.25) is 0 Å². The Labute approximate surface area is 124 Å². The van der Waals surface area contributed by atoms with Crippen molar-refractivity contribution in [3.8, 4) is 5.75 Å². The van der Waals surface area contributed by atoms with Crippen molar-refractivity contribution in [3.05, 3.63) is 23.8 Å². The lowest BCUT2D eigenvalue weighted by molar-refractivity contribution is 0.408. The van der Waals surface area contributed by atoms with Gasteiger partial charge in [-0.05, 0) is 37.0 Å². The van der Waals surface area contributed by atoms with Gasteiger partial charge in [0.2, 0.25) is 20.0 Å². The number of rotatable bonds is 7. The van der Waals surface area contributed by atoms with E-state index in [0.29, 0.717) is 11.3 Å². The fraction of sp³-hybridized carbons (Fsp3) is 0.500. The van der Waals surface area contributed by atoms with Gasteiger partial charge in [0.05, 0.1) is 17.8 Å². The second-order valence-electron chi connectivity index (χ2n) is 5.06. The summed E-state index contributed by atoms with van der Waals surface area (Å²) in [6.07, 6.45) is 1.87. The molecule has 1 aliphatic rings. The number of hydrogen-bond donors (Lipinski definition) is 2. The van der Waals surface area contributed by atoms with Gasteiger partial charge >= 0.3 is 0 Å². The molecule has 9 heteroatoms. The van der Waals surface area contributed by atoms with Crippen molar-refractivity contribution in [1.82, 2.24) is 4.72 Å². The van der Waals surface area contributed by atoms with E-state index < -0.39 is 20.0 Å². The minimum Gasteiger partial charge on any atom is -0.496 e. The van der Waals surface area contributed by atoms with Gasteiger partial charge in [0.25, 0.3) is 0 Å².